The first-order valence-electron chi connectivity index (χ1n) is 10.8. The molecule has 2 aromatic rings. The molecule has 10 nitrogen and oxygen atoms in total. The summed E-state index contributed by atoms with van der Waals surface area (Å²) in [6, 6.07) is 12.3. The number of halogens is 1. The summed E-state index contributed by atoms with van der Waals surface area (Å²) >= 11 is 5.76. The van der Waals surface area contributed by atoms with Crippen LogP contribution in [0.3, 0.4) is 0 Å². The molecule has 1 saturated heterocycles. The van der Waals surface area contributed by atoms with E-state index in [0.717, 1.165) is 0 Å². The van der Waals surface area contributed by atoms with Crippen molar-refractivity contribution in [1.29, 1.82) is 0 Å². The molecule has 0 aliphatic carbocycles. The smallest absolute Gasteiger partial charge is 0.338 e. The van der Waals surface area contributed by atoms with E-state index in [1.54, 1.807) is 38.1 Å². The van der Waals surface area contributed by atoms with Crippen LogP contribution < -0.4 is 15.8 Å². The predicted octanol–water partition coefficient (Wildman–Crippen LogP) is 2.26. The Labute approximate surface area is 206 Å². The molecule has 0 saturated carbocycles. The van der Waals surface area contributed by atoms with E-state index < -0.39 is 36.3 Å². The summed E-state index contributed by atoms with van der Waals surface area (Å²) in [6.07, 6.45) is -0.332. The molecule has 2 aromatic carbocycles. The highest BCUT2D eigenvalue weighted by molar-refractivity contribution is 6.30. The van der Waals surface area contributed by atoms with Crippen molar-refractivity contribution in [2.24, 2.45) is 5.92 Å². The standard InChI is InChI=1S/C24H24ClN3O7/c1-14(2)35-24(33)16-5-9-19(10-6-16)28-12-17(11-21(28)30)23(32)34-13-20(29)26-27-22(31)15-3-7-18(25)8-4-15/h3-10,14,17H,11-13H2,1-2H3,(H,26,29)(H,27,31)/t17-/m0/s1. The Balaban J connectivity index is 1.46. The number of carbonyl (C=O) groups excluding carboxylic acids is 5. The number of rotatable bonds is 7. The fourth-order valence-corrected chi connectivity index (χ4v) is 3.39. The van der Waals surface area contributed by atoms with E-state index in [4.69, 9.17) is 21.1 Å². The van der Waals surface area contributed by atoms with Crippen LogP contribution in [0.15, 0.2) is 48.5 Å². The Morgan fingerprint density at radius 3 is 2.26 bits per heavy atom. The highest BCUT2D eigenvalue weighted by Gasteiger charge is 2.36. The van der Waals surface area contributed by atoms with Gasteiger partial charge in [-0.25, -0.2) is 4.79 Å². The lowest BCUT2D eigenvalue weighted by molar-refractivity contribution is -0.152. The summed E-state index contributed by atoms with van der Waals surface area (Å²) in [5.74, 6) is -3.54. The molecule has 0 aromatic heterocycles. The Morgan fingerprint density at radius 1 is 1.00 bits per heavy atom. The van der Waals surface area contributed by atoms with Gasteiger partial charge in [-0.3, -0.25) is 30.0 Å². The van der Waals surface area contributed by atoms with Crippen molar-refractivity contribution in [3.05, 3.63) is 64.7 Å². The van der Waals surface area contributed by atoms with Crippen LogP contribution in [0, 0.1) is 5.92 Å². The van der Waals surface area contributed by atoms with E-state index in [9.17, 15) is 24.0 Å². The second-order valence-corrected chi connectivity index (χ2v) is 8.46. The largest absolute Gasteiger partial charge is 0.459 e. The lowest BCUT2D eigenvalue weighted by atomic mass is 10.1. The van der Waals surface area contributed by atoms with E-state index in [0.29, 0.717) is 16.3 Å². The molecular formula is C24H24ClN3O7. The van der Waals surface area contributed by atoms with E-state index in [1.165, 1.54) is 29.2 Å². The molecule has 0 spiro atoms. The number of ether oxygens (including phenoxy) is 2. The number of nitrogens with one attached hydrogen (secondary N) is 2. The van der Waals surface area contributed by atoms with Gasteiger partial charge in [0.25, 0.3) is 11.8 Å². The lowest BCUT2D eigenvalue weighted by Crippen LogP contribution is -2.43. The minimum atomic E-state index is -0.760. The third kappa shape index (κ3) is 7.03. The topological polar surface area (TPSA) is 131 Å². The Bertz CT molecular complexity index is 1120. The van der Waals surface area contributed by atoms with Crippen molar-refractivity contribution in [2.75, 3.05) is 18.1 Å². The van der Waals surface area contributed by atoms with Gasteiger partial charge >= 0.3 is 11.9 Å². The monoisotopic (exact) mass is 501 g/mol. The third-order valence-corrected chi connectivity index (χ3v) is 5.24. The first kappa shape index (κ1) is 25.7. The van der Waals surface area contributed by atoms with Crippen LogP contribution in [0.25, 0.3) is 0 Å². The highest BCUT2D eigenvalue weighted by Crippen LogP contribution is 2.26. The van der Waals surface area contributed by atoms with Crippen LogP contribution in [-0.4, -0.2) is 48.9 Å². The van der Waals surface area contributed by atoms with Gasteiger partial charge in [-0.05, 0) is 62.4 Å². The molecule has 184 valence electrons. The molecular weight excluding hydrogens is 478 g/mol. The van der Waals surface area contributed by atoms with Crippen LogP contribution in [0.1, 0.15) is 41.0 Å². The summed E-state index contributed by atoms with van der Waals surface area (Å²) in [5, 5.41) is 0.463. The molecule has 3 amide bonds. The maximum absolute atomic E-state index is 12.4. The van der Waals surface area contributed by atoms with Gasteiger partial charge in [-0.2, -0.15) is 0 Å². The average Bonchev–Trinajstić information content (AvgIpc) is 3.22. The zero-order valence-corrected chi connectivity index (χ0v) is 19.8. The number of carbonyl (C=O) groups is 5. The zero-order chi connectivity index (χ0) is 25.5. The van der Waals surface area contributed by atoms with Gasteiger partial charge in [0, 0.05) is 29.2 Å². The number of amides is 3. The van der Waals surface area contributed by atoms with Crippen molar-refractivity contribution in [2.45, 2.75) is 26.4 Å². The Hall–Kier alpha value is -3.92. The zero-order valence-electron chi connectivity index (χ0n) is 19.1. The van der Waals surface area contributed by atoms with Crippen molar-refractivity contribution < 1.29 is 33.4 Å². The molecule has 0 bridgehead atoms. The molecule has 2 N–H and O–H groups in total. The number of benzene rings is 2. The van der Waals surface area contributed by atoms with Gasteiger partial charge < -0.3 is 14.4 Å². The van der Waals surface area contributed by atoms with E-state index in [2.05, 4.69) is 10.9 Å². The number of hydrogen-bond acceptors (Lipinski definition) is 7. The number of hydrogen-bond donors (Lipinski definition) is 2. The molecule has 1 aliphatic rings. The van der Waals surface area contributed by atoms with Crippen molar-refractivity contribution >= 4 is 46.9 Å². The van der Waals surface area contributed by atoms with Crippen LogP contribution in [0.4, 0.5) is 5.69 Å². The van der Waals surface area contributed by atoms with Crippen LogP contribution in [-0.2, 0) is 23.9 Å². The minimum absolute atomic E-state index is 0.0718. The van der Waals surface area contributed by atoms with Crippen molar-refractivity contribution in [3.8, 4) is 0 Å². The summed E-state index contributed by atoms with van der Waals surface area (Å²) in [5.41, 5.74) is 5.50. The van der Waals surface area contributed by atoms with Gasteiger partial charge in [0.2, 0.25) is 5.91 Å². The van der Waals surface area contributed by atoms with Crippen LogP contribution in [0.5, 0.6) is 0 Å². The third-order valence-electron chi connectivity index (χ3n) is 4.98. The van der Waals surface area contributed by atoms with Crippen LogP contribution >= 0.6 is 11.6 Å². The Kier molecular flexibility index (Phi) is 8.43. The second kappa shape index (κ2) is 11.5. The fourth-order valence-electron chi connectivity index (χ4n) is 3.27. The first-order chi connectivity index (χ1) is 16.6. The SMILES string of the molecule is CC(C)OC(=O)c1ccc(N2C[C@@H](C(=O)OCC(=O)NNC(=O)c3ccc(Cl)cc3)CC2=O)cc1. The summed E-state index contributed by atoms with van der Waals surface area (Å²) in [4.78, 5) is 62.1. The average molecular weight is 502 g/mol. The highest BCUT2D eigenvalue weighted by atomic mass is 35.5. The molecule has 0 unspecified atom stereocenters. The number of hydrazine groups is 1. The fraction of sp³-hybridized carbons (Fsp3) is 0.292. The van der Waals surface area contributed by atoms with Crippen molar-refractivity contribution in [3.63, 3.8) is 0 Å². The maximum Gasteiger partial charge on any atom is 0.338 e. The van der Waals surface area contributed by atoms with Gasteiger partial charge in [0.05, 0.1) is 17.6 Å². The van der Waals surface area contributed by atoms with Gasteiger partial charge in [-0.1, -0.05) is 11.6 Å². The summed E-state index contributed by atoms with van der Waals surface area (Å²) in [6.45, 7) is 2.93. The van der Waals surface area contributed by atoms with Gasteiger partial charge in [-0.15, -0.1) is 0 Å². The van der Waals surface area contributed by atoms with E-state index >= 15 is 0 Å². The molecule has 0 radical (unpaired) electrons. The molecule has 1 aliphatic heterocycles. The molecule has 35 heavy (non-hydrogen) atoms. The minimum Gasteiger partial charge on any atom is -0.459 e. The lowest BCUT2D eigenvalue weighted by Gasteiger charge is -2.17. The van der Waals surface area contributed by atoms with E-state index in [-0.39, 0.29) is 30.5 Å². The normalized spacial score (nSPS) is 15.0. The number of nitrogens with zero attached hydrogens (tertiary/aromatic N) is 1. The number of esters is 2. The second-order valence-electron chi connectivity index (χ2n) is 8.02. The first-order valence-corrected chi connectivity index (χ1v) is 11.1. The molecule has 1 heterocycles. The van der Waals surface area contributed by atoms with Crippen molar-refractivity contribution in [1.82, 2.24) is 10.9 Å². The summed E-state index contributed by atoms with van der Waals surface area (Å²) < 4.78 is 10.1. The molecule has 11 heteroatoms. The quantitative estimate of drug-likeness (QED) is 0.439. The van der Waals surface area contributed by atoms with Crippen LogP contribution in [0.2, 0.25) is 5.02 Å². The van der Waals surface area contributed by atoms with Gasteiger partial charge in [0.1, 0.15) is 0 Å². The predicted molar refractivity (Wildman–Crippen MR) is 125 cm³/mol. The maximum atomic E-state index is 12.4. The van der Waals surface area contributed by atoms with E-state index in [1.807, 2.05) is 0 Å². The summed E-state index contributed by atoms with van der Waals surface area (Å²) in [7, 11) is 0. The molecule has 1 fully saturated rings. The molecule has 3 rings (SSSR count). The molecule has 1 atom stereocenters. The Morgan fingerprint density at radius 2 is 1.63 bits per heavy atom. The number of anilines is 1. The van der Waals surface area contributed by atoms with Gasteiger partial charge in [0.15, 0.2) is 6.61 Å².